The van der Waals surface area contributed by atoms with E-state index in [1.807, 2.05) is 33.0 Å². The zero-order chi connectivity index (χ0) is 13.1. The molecule has 0 bridgehead atoms. The Labute approximate surface area is 113 Å². The average Bonchev–Trinajstić information content (AvgIpc) is 2.75. The van der Waals surface area contributed by atoms with Crippen molar-refractivity contribution < 1.29 is 4.42 Å². The molecule has 1 atom stereocenters. The van der Waals surface area contributed by atoms with Crippen LogP contribution in [-0.4, -0.2) is 7.05 Å². The van der Waals surface area contributed by atoms with Crippen molar-refractivity contribution in [3.05, 3.63) is 58.0 Å². The minimum Gasteiger partial charge on any atom is -0.469 e. The van der Waals surface area contributed by atoms with Crippen LogP contribution in [0.2, 0.25) is 5.02 Å². The van der Waals surface area contributed by atoms with E-state index >= 15 is 0 Å². The summed E-state index contributed by atoms with van der Waals surface area (Å²) in [7, 11) is 1.96. The highest BCUT2D eigenvalue weighted by molar-refractivity contribution is 6.31. The van der Waals surface area contributed by atoms with Crippen LogP contribution in [0.3, 0.4) is 0 Å². The predicted molar refractivity (Wildman–Crippen MR) is 75.1 cm³/mol. The first-order valence-corrected chi connectivity index (χ1v) is 6.46. The van der Waals surface area contributed by atoms with E-state index in [-0.39, 0.29) is 6.04 Å². The number of hydrogen-bond acceptors (Lipinski definition) is 2. The quantitative estimate of drug-likeness (QED) is 0.900. The molecule has 0 radical (unpaired) electrons. The SMILES string of the molecule is CNC(Cc1ccc(C)cc1Cl)c1ccoc1C. The van der Waals surface area contributed by atoms with Crippen molar-refractivity contribution in [2.24, 2.45) is 0 Å². The molecule has 2 aromatic rings. The van der Waals surface area contributed by atoms with Crippen LogP contribution in [0.5, 0.6) is 0 Å². The summed E-state index contributed by atoms with van der Waals surface area (Å²) in [5.74, 6) is 0.956. The zero-order valence-corrected chi connectivity index (χ0v) is 11.7. The Hall–Kier alpha value is -1.25. The first-order chi connectivity index (χ1) is 8.61. The molecule has 1 aromatic carbocycles. The number of furan rings is 1. The van der Waals surface area contributed by atoms with Gasteiger partial charge in [0.15, 0.2) is 0 Å². The molecule has 0 aliphatic rings. The number of hydrogen-bond donors (Lipinski definition) is 1. The van der Waals surface area contributed by atoms with Crippen molar-refractivity contribution in [2.45, 2.75) is 26.3 Å². The molecule has 0 fully saturated rings. The van der Waals surface area contributed by atoms with Gasteiger partial charge in [-0.3, -0.25) is 0 Å². The second kappa shape index (κ2) is 5.59. The van der Waals surface area contributed by atoms with Gasteiger partial charge in [0.25, 0.3) is 0 Å². The molecular weight excluding hydrogens is 246 g/mol. The largest absolute Gasteiger partial charge is 0.469 e. The Morgan fingerprint density at radius 2 is 2.06 bits per heavy atom. The summed E-state index contributed by atoms with van der Waals surface area (Å²) in [6, 6.07) is 8.43. The molecule has 1 unspecified atom stereocenters. The molecule has 0 spiro atoms. The molecule has 3 heteroatoms. The van der Waals surface area contributed by atoms with Crippen molar-refractivity contribution in [3.63, 3.8) is 0 Å². The molecule has 1 heterocycles. The Bertz CT molecular complexity index is 533. The third-order valence-electron chi connectivity index (χ3n) is 3.26. The zero-order valence-electron chi connectivity index (χ0n) is 11.0. The third-order valence-corrected chi connectivity index (χ3v) is 3.61. The molecule has 18 heavy (non-hydrogen) atoms. The molecular formula is C15H18ClNO. The predicted octanol–water partition coefficient (Wildman–Crippen LogP) is 4.05. The minimum atomic E-state index is 0.226. The summed E-state index contributed by atoms with van der Waals surface area (Å²) >= 11 is 6.28. The van der Waals surface area contributed by atoms with Gasteiger partial charge < -0.3 is 9.73 Å². The van der Waals surface area contributed by atoms with Crippen molar-refractivity contribution >= 4 is 11.6 Å². The standard InChI is InChI=1S/C15H18ClNO/c1-10-4-5-12(14(16)8-10)9-15(17-3)13-6-7-18-11(13)2/h4-8,15,17H,9H2,1-3H3. The number of likely N-dealkylation sites (N-methyl/N-ethyl adjacent to an activating group) is 1. The molecule has 96 valence electrons. The lowest BCUT2D eigenvalue weighted by atomic mass is 9.99. The summed E-state index contributed by atoms with van der Waals surface area (Å²) in [6.07, 6.45) is 2.59. The van der Waals surface area contributed by atoms with E-state index < -0.39 is 0 Å². The highest BCUT2D eigenvalue weighted by atomic mass is 35.5. The van der Waals surface area contributed by atoms with Gasteiger partial charge in [-0.15, -0.1) is 0 Å². The van der Waals surface area contributed by atoms with Gasteiger partial charge in [0.05, 0.1) is 6.26 Å². The van der Waals surface area contributed by atoms with Gasteiger partial charge in [-0.25, -0.2) is 0 Å². The van der Waals surface area contributed by atoms with Crippen molar-refractivity contribution in [1.29, 1.82) is 0 Å². The van der Waals surface area contributed by atoms with Crippen LogP contribution in [-0.2, 0) is 6.42 Å². The van der Waals surface area contributed by atoms with Crippen molar-refractivity contribution in [1.82, 2.24) is 5.32 Å². The number of nitrogens with one attached hydrogen (secondary N) is 1. The smallest absolute Gasteiger partial charge is 0.105 e. The molecule has 0 aliphatic heterocycles. The van der Waals surface area contributed by atoms with Crippen LogP contribution >= 0.6 is 11.6 Å². The number of benzene rings is 1. The lowest BCUT2D eigenvalue weighted by Crippen LogP contribution is -2.19. The van der Waals surface area contributed by atoms with Crippen LogP contribution < -0.4 is 5.32 Å². The fourth-order valence-corrected chi connectivity index (χ4v) is 2.47. The third kappa shape index (κ3) is 2.77. The second-order valence-corrected chi connectivity index (χ2v) is 4.98. The highest BCUT2D eigenvalue weighted by Crippen LogP contribution is 2.26. The monoisotopic (exact) mass is 263 g/mol. The Kier molecular flexibility index (Phi) is 4.10. The fourth-order valence-electron chi connectivity index (χ4n) is 2.16. The van der Waals surface area contributed by atoms with E-state index in [1.165, 1.54) is 11.1 Å². The lowest BCUT2D eigenvalue weighted by Gasteiger charge is -2.16. The van der Waals surface area contributed by atoms with Crippen LogP contribution in [0, 0.1) is 13.8 Å². The molecule has 1 aromatic heterocycles. The van der Waals surface area contributed by atoms with Crippen molar-refractivity contribution in [2.75, 3.05) is 7.05 Å². The molecule has 2 rings (SSSR count). The second-order valence-electron chi connectivity index (χ2n) is 4.57. The maximum absolute atomic E-state index is 6.28. The van der Waals surface area contributed by atoms with E-state index in [4.69, 9.17) is 16.0 Å². The van der Waals surface area contributed by atoms with E-state index in [9.17, 15) is 0 Å². The molecule has 1 N–H and O–H groups in total. The van der Waals surface area contributed by atoms with Crippen LogP contribution in [0.1, 0.15) is 28.5 Å². The normalized spacial score (nSPS) is 12.7. The van der Waals surface area contributed by atoms with Gasteiger partial charge in [-0.1, -0.05) is 23.7 Å². The fraction of sp³-hybridized carbons (Fsp3) is 0.333. The number of aryl methyl sites for hydroxylation is 2. The van der Waals surface area contributed by atoms with E-state index in [1.54, 1.807) is 6.26 Å². The summed E-state index contributed by atoms with van der Waals surface area (Å²) in [4.78, 5) is 0. The summed E-state index contributed by atoms with van der Waals surface area (Å²) in [6.45, 7) is 4.03. The molecule has 0 saturated carbocycles. The maximum Gasteiger partial charge on any atom is 0.105 e. The topological polar surface area (TPSA) is 25.2 Å². The lowest BCUT2D eigenvalue weighted by molar-refractivity contribution is 0.512. The van der Waals surface area contributed by atoms with Gasteiger partial charge in [0.2, 0.25) is 0 Å². The Balaban J connectivity index is 2.23. The molecule has 0 aliphatic carbocycles. The van der Waals surface area contributed by atoms with E-state index in [0.717, 1.165) is 22.8 Å². The first kappa shape index (κ1) is 13.2. The average molecular weight is 264 g/mol. The minimum absolute atomic E-state index is 0.226. The van der Waals surface area contributed by atoms with Gasteiger partial charge in [0, 0.05) is 16.6 Å². The number of rotatable bonds is 4. The molecule has 0 amide bonds. The molecule has 0 saturated heterocycles. The van der Waals surface area contributed by atoms with Gasteiger partial charge in [0.1, 0.15) is 5.76 Å². The summed E-state index contributed by atoms with van der Waals surface area (Å²) in [5, 5.41) is 4.15. The van der Waals surface area contributed by atoms with Gasteiger partial charge in [-0.2, -0.15) is 0 Å². The number of halogens is 1. The first-order valence-electron chi connectivity index (χ1n) is 6.08. The summed E-state index contributed by atoms with van der Waals surface area (Å²) in [5.41, 5.74) is 3.53. The van der Waals surface area contributed by atoms with Gasteiger partial charge in [-0.05, 0) is 50.6 Å². The van der Waals surface area contributed by atoms with Crippen LogP contribution in [0.4, 0.5) is 0 Å². The van der Waals surface area contributed by atoms with Gasteiger partial charge >= 0.3 is 0 Å². The Morgan fingerprint density at radius 1 is 1.28 bits per heavy atom. The van der Waals surface area contributed by atoms with Crippen molar-refractivity contribution in [3.8, 4) is 0 Å². The van der Waals surface area contributed by atoms with Crippen LogP contribution in [0.25, 0.3) is 0 Å². The Morgan fingerprint density at radius 3 is 2.61 bits per heavy atom. The summed E-state index contributed by atoms with van der Waals surface area (Å²) < 4.78 is 5.36. The van der Waals surface area contributed by atoms with Crippen LogP contribution in [0.15, 0.2) is 34.9 Å². The highest BCUT2D eigenvalue weighted by Gasteiger charge is 2.15. The van der Waals surface area contributed by atoms with E-state index in [0.29, 0.717) is 0 Å². The maximum atomic E-state index is 6.28. The van der Waals surface area contributed by atoms with E-state index in [2.05, 4.69) is 17.4 Å². The molecule has 2 nitrogen and oxygen atoms in total.